The number of hydrogen-bond donors (Lipinski definition) is 0. The Morgan fingerprint density at radius 1 is 1.62 bits per heavy atom. The number of aromatic nitrogens is 2. The topological polar surface area (TPSA) is 41.6 Å². The van der Waals surface area contributed by atoms with Gasteiger partial charge in [-0.3, -0.25) is 4.68 Å². The van der Waals surface area contributed by atoms with Crippen LogP contribution >= 0.6 is 0 Å². The lowest BCUT2D eigenvalue weighted by atomic mass is 9.88. The maximum atomic E-state index is 8.81. The molecule has 0 radical (unpaired) electrons. The fourth-order valence-electron chi connectivity index (χ4n) is 1.97. The molecule has 0 fully saturated rings. The zero-order valence-corrected chi connectivity index (χ0v) is 8.04. The van der Waals surface area contributed by atoms with Crippen LogP contribution in [0.15, 0.2) is 0 Å². The minimum Gasteiger partial charge on any atom is -0.272 e. The highest BCUT2D eigenvalue weighted by Crippen LogP contribution is 2.26. The lowest BCUT2D eigenvalue weighted by molar-refractivity contribution is 0.554. The number of fused-ring (bicyclic) bond motifs is 1. The molecule has 0 aliphatic heterocycles. The van der Waals surface area contributed by atoms with Gasteiger partial charge in [0, 0.05) is 19.2 Å². The molecule has 1 atom stereocenters. The summed E-state index contributed by atoms with van der Waals surface area (Å²) in [6, 6.07) is 2.32. The molecule has 2 rings (SSSR count). The van der Waals surface area contributed by atoms with E-state index >= 15 is 0 Å². The van der Waals surface area contributed by atoms with Crippen LogP contribution in [0, 0.1) is 24.2 Å². The van der Waals surface area contributed by atoms with Crippen molar-refractivity contribution in [3.63, 3.8) is 0 Å². The Balaban J connectivity index is 2.38. The summed E-state index contributed by atoms with van der Waals surface area (Å²) in [6.07, 6.45) is 2.86. The van der Waals surface area contributed by atoms with E-state index in [1.54, 1.807) is 0 Å². The van der Waals surface area contributed by atoms with Gasteiger partial charge in [-0.25, -0.2) is 0 Å². The van der Waals surface area contributed by atoms with Gasteiger partial charge in [0.05, 0.1) is 17.7 Å². The second-order valence-corrected chi connectivity index (χ2v) is 3.70. The van der Waals surface area contributed by atoms with Crippen molar-refractivity contribution < 1.29 is 0 Å². The lowest BCUT2D eigenvalue weighted by Gasteiger charge is -2.14. The molecule has 0 N–H and O–H groups in total. The smallest absolute Gasteiger partial charge is 0.0672 e. The van der Waals surface area contributed by atoms with E-state index in [-0.39, 0.29) is 5.92 Å². The number of nitriles is 1. The maximum absolute atomic E-state index is 8.81. The standard InChI is InChI=1S/C10H13N3/c1-7-9-4-3-8(6-11)5-10(9)12-13(7)2/h8H,3-5H2,1-2H3. The molecule has 0 amide bonds. The van der Waals surface area contributed by atoms with E-state index in [1.165, 1.54) is 11.3 Å². The summed E-state index contributed by atoms with van der Waals surface area (Å²) in [5.41, 5.74) is 3.76. The SMILES string of the molecule is Cc1c2c(nn1C)CC(C#N)CC2. The van der Waals surface area contributed by atoms with Crippen LogP contribution in [0.3, 0.4) is 0 Å². The summed E-state index contributed by atoms with van der Waals surface area (Å²) in [5.74, 6) is 0.182. The lowest BCUT2D eigenvalue weighted by Crippen LogP contribution is -2.12. The fraction of sp³-hybridized carbons (Fsp3) is 0.600. The molecule has 1 aromatic rings. The maximum Gasteiger partial charge on any atom is 0.0672 e. The Morgan fingerprint density at radius 3 is 3.08 bits per heavy atom. The van der Waals surface area contributed by atoms with Gasteiger partial charge >= 0.3 is 0 Å². The van der Waals surface area contributed by atoms with Gasteiger partial charge in [-0.05, 0) is 25.3 Å². The van der Waals surface area contributed by atoms with Gasteiger partial charge in [0.15, 0.2) is 0 Å². The van der Waals surface area contributed by atoms with Crippen LogP contribution in [0.2, 0.25) is 0 Å². The third kappa shape index (κ3) is 1.23. The summed E-state index contributed by atoms with van der Waals surface area (Å²) in [5, 5.41) is 13.2. The quantitative estimate of drug-likeness (QED) is 0.597. The molecular weight excluding hydrogens is 162 g/mol. The number of hydrogen-bond acceptors (Lipinski definition) is 2. The molecule has 0 saturated heterocycles. The first-order valence-electron chi connectivity index (χ1n) is 4.63. The second kappa shape index (κ2) is 2.88. The molecule has 0 bridgehead atoms. The first-order chi connectivity index (χ1) is 6.22. The van der Waals surface area contributed by atoms with Crippen LogP contribution in [-0.4, -0.2) is 9.78 Å². The number of aryl methyl sites for hydroxylation is 1. The molecule has 1 heterocycles. The zero-order chi connectivity index (χ0) is 9.42. The molecule has 68 valence electrons. The van der Waals surface area contributed by atoms with Crippen LogP contribution in [0.1, 0.15) is 23.4 Å². The third-order valence-electron chi connectivity index (χ3n) is 2.91. The molecular formula is C10H13N3. The first-order valence-corrected chi connectivity index (χ1v) is 4.63. The number of rotatable bonds is 0. The highest BCUT2D eigenvalue weighted by atomic mass is 15.3. The van der Waals surface area contributed by atoms with Crippen molar-refractivity contribution >= 4 is 0 Å². The fourth-order valence-corrected chi connectivity index (χ4v) is 1.97. The normalized spacial score (nSPS) is 20.8. The molecule has 3 nitrogen and oxygen atoms in total. The largest absolute Gasteiger partial charge is 0.272 e. The highest BCUT2D eigenvalue weighted by molar-refractivity contribution is 5.29. The molecule has 1 aliphatic carbocycles. The van der Waals surface area contributed by atoms with Gasteiger partial charge in [-0.15, -0.1) is 0 Å². The van der Waals surface area contributed by atoms with Crippen LogP contribution in [0.4, 0.5) is 0 Å². The molecule has 0 spiro atoms. The zero-order valence-electron chi connectivity index (χ0n) is 8.04. The predicted molar refractivity (Wildman–Crippen MR) is 49.1 cm³/mol. The van der Waals surface area contributed by atoms with Crippen molar-refractivity contribution in [3.8, 4) is 6.07 Å². The van der Waals surface area contributed by atoms with Crippen molar-refractivity contribution in [2.24, 2.45) is 13.0 Å². The van der Waals surface area contributed by atoms with Gasteiger partial charge in [-0.2, -0.15) is 10.4 Å². The van der Waals surface area contributed by atoms with Crippen molar-refractivity contribution in [2.45, 2.75) is 26.2 Å². The Bertz CT molecular complexity index is 370. The van der Waals surface area contributed by atoms with Crippen molar-refractivity contribution in [2.75, 3.05) is 0 Å². The summed E-state index contributed by atoms with van der Waals surface area (Å²) in [6.45, 7) is 2.10. The molecule has 0 saturated carbocycles. The Hall–Kier alpha value is -1.30. The Morgan fingerprint density at radius 2 is 2.38 bits per heavy atom. The van der Waals surface area contributed by atoms with E-state index in [4.69, 9.17) is 5.26 Å². The summed E-state index contributed by atoms with van der Waals surface area (Å²) in [7, 11) is 1.97. The van der Waals surface area contributed by atoms with Gasteiger partial charge in [-0.1, -0.05) is 0 Å². The van der Waals surface area contributed by atoms with Gasteiger partial charge < -0.3 is 0 Å². The molecule has 0 aromatic carbocycles. The van der Waals surface area contributed by atoms with E-state index in [1.807, 2.05) is 11.7 Å². The minimum absolute atomic E-state index is 0.182. The van der Waals surface area contributed by atoms with Gasteiger partial charge in [0.25, 0.3) is 0 Å². The molecule has 1 aliphatic rings. The first kappa shape index (κ1) is 8.31. The van der Waals surface area contributed by atoms with Crippen LogP contribution < -0.4 is 0 Å². The monoisotopic (exact) mass is 175 g/mol. The van der Waals surface area contributed by atoms with Gasteiger partial charge in [0.2, 0.25) is 0 Å². The second-order valence-electron chi connectivity index (χ2n) is 3.70. The number of nitrogens with zero attached hydrogens (tertiary/aromatic N) is 3. The third-order valence-corrected chi connectivity index (χ3v) is 2.91. The van der Waals surface area contributed by atoms with Crippen LogP contribution in [0.5, 0.6) is 0 Å². The van der Waals surface area contributed by atoms with Crippen molar-refractivity contribution in [1.29, 1.82) is 5.26 Å². The van der Waals surface area contributed by atoms with Crippen molar-refractivity contribution in [1.82, 2.24) is 9.78 Å². The Labute approximate surface area is 78.0 Å². The predicted octanol–water partition coefficient (Wildman–Crippen LogP) is 1.36. The van der Waals surface area contributed by atoms with E-state index < -0.39 is 0 Å². The summed E-state index contributed by atoms with van der Waals surface area (Å²) in [4.78, 5) is 0. The molecule has 1 aromatic heterocycles. The van der Waals surface area contributed by atoms with E-state index in [0.717, 1.165) is 25.0 Å². The van der Waals surface area contributed by atoms with Crippen molar-refractivity contribution in [3.05, 3.63) is 17.0 Å². The average molecular weight is 175 g/mol. The minimum atomic E-state index is 0.182. The molecule has 1 unspecified atom stereocenters. The van der Waals surface area contributed by atoms with E-state index in [9.17, 15) is 0 Å². The van der Waals surface area contributed by atoms with Crippen LogP contribution in [-0.2, 0) is 19.9 Å². The average Bonchev–Trinajstić information content (AvgIpc) is 2.42. The van der Waals surface area contributed by atoms with E-state index in [2.05, 4.69) is 18.1 Å². The summed E-state index contributed by atoms with van der Waals surface area (Å²) < 4.78 is 1.92. The molecule has 3 heteroatoms. The van der Waals surface area contributed by atoms with Crippen LogP contribution in [0.25, 0.3) is 0 Å². The van der Waals surface area contributed by atoms with E-state index in [0.29, 0.717) is 0 Å². The van der Waals surface area contributed by atoms with Gasteiger partial charge in [0.1, 0.15) is 0 Å². The Kier molecular flexibility index (Phi) is 1.84. The molecule has 13 heavy (non-hydrogen) atoms. The highest BCUT2D eigenvalue weighted by Gasteiger charge is 2.22. The summed E-state index contributed by atoms with van der Waals surface area (Å²) >= 11 is 0.